The molecule has 92 valence electrons. The molecular weight excluding hydrogens is 250 g/mol. The number of aromatic nitrogens is 2. The van der Waals surface area contributed by atoms with Crippen LogP contribution in [0.1, 0.15) is 39.0 Å². The second-order valence-electron chi connectivity index (χ2n) is 4.57. The number of thioether (sulfide) groups is 1. The van der Waals surface area contributed by atoms with E-state index < -0.39 is 0 Å². The molecule has 0 aromatic carbocycles. The Bertz CT molecular complexity index is 372. The lowest BCUT2D eigenvalue weighted by Gasteiger charge is -2.31. The van der Waals surface area contributed by atoms with Crippen molar-refractivity contribution in [2.24, 2.45) is 11.8 Å². The molecule has 0 saturated heterocycles. The highest BCUT2D eigenvalue weighted by atomic mass is 32.2. The standard InChI is InChI=1S/C12H17N3S2/c1-2-3-9-4-5-10(7-13)11(6-9)16-12-14-8-15-17-12/h8-11H,2-6H2,1H3. The third-order valence-electron chi connectivity index (χ3n) is 3.36. The largest absolute Gasteiger partial charge is 0.216 e. The Hall–Kier alpha value is -0.600. The first-order chi connectivity index (χ1) is 8.33. The predicted octanol–water partition coefficient (Wildman–Crippen LogP) is 3.74. The van der Waals surface area contributed by atoms with E-state index in [0.29, 0.717) is 5.25 Å². The molecule has 1 aliphatic carbocycles. The van der Waals surface area contributed by atoms with Crippen LogP contribution in [0, 0.1) is 23.2 Å². The van der Waals surface area contributed by atoms with Crippen molar-refractivity contribution in [1.82, 2.24) is 9.36 Å². The van der Waals surface area contributed by atoms with Gasteiger partial charge in [-0.2, -0.15) is 9.64 Å². The van der Waals surface area contributed by atoms with E-state index in [-0.39, 0.29) is 5.92 Å². The van der Waals surface area contributed by atoms with Gasteiger partial charge in [-0.3, -0.25) is 0 Å². The molecule has 1 aromatic heterocycles. The first-order valence-electron chi connectivity index (χ1n) is 6.16. The van der Waals surface area contributed by atoms with E-state index in [2.05, 4.69) is 22.4 Å². The fourth-order valence-electron chi connectivity index (χ4n) is 2.50. The average molecular weight is 267 g/mol. The fraction of sp³-hybridized carbons (Fsp3) is 0.750. The lowest BCUT2D eigenvalue weighted by atomic mass is 9.80. The summed E-state index contributed by atoms with van der Waals surface area (Å²) in [6.45, 7) is 2.24. The summed E-state index contributed by atoms with van der Waals surface area (Å²) in [4.78, 5) is 4.21. The minimum atomic E-state index is 0.192. The Morgan fingerprint density at radius 2 is 2.47 bits per heavy atom. The van der Waals surface area contributed by atoms with Crippen LogP contribution in [0.15, 0.2) is 10.7 Å². The number of hydrogen-bond donors (Lipinski definition) is 0. The zero-order chi connectivity index (χ0) is 12.1. The minimum Gasteiger partial charge on any atom is -0.216 e. The van der Waals surface area contributed by atoms with Crippen LogP contribution in [-0.4, -0.2) is 14.6 Å². The average Bonchev–Trinajstić information content (AvgIpc) is 2.83. The summed E-state index contributed by atoms with van der Waals surface area (Å²) >= 11 is 3.19. The van der Waals surface area contributed by atoms with Gasteiger partial charge in [0.15, 0.2) is 4.34 Å². The molecular formula is C12H17N3S2. The van der Waals surface area contributed by atoms with Gasteiger partial charge in [-0.1, -0.05) is 31.5 Å². The van der Waals surface area contributed by atoms with E-state index in [1.807, 2.05) is 0 Å². The molecule has 0 aliphatic heterocycles. The summed E-state index contributed by atoms with van der Waals surface area (Å²) in [6, 6.07) is 2.46. The van der Waals surface area contributed by atoms with Gasteiger partial charge in [-0.15, -0.1) is 0 Å². The molecule has 3 unspecified atom stereocenters. The van der Waals surface area contributed by atoms with Crippen molar-refractivity contribution in [3.63, 3.8) is 0 Å². The van der Waals surface area contributed by atoms with Crippen molar-refractivity contribution in [2.75, 3.05) is 0 Å². The lowest BCUT2D eigenvalue weighted by Crippen LogP contribution is -2.26. The van der Waals surface area contributed by atoms with Gasteiger partial charge in [-0.05, 0) is 36.7 Å². The predicted molar refractivity (Wildman–Crippen MR) is 70.9 cm³/mol. The Balaban J connectivity index is 1.98. The molecule has 0 spiro atoms. The molecule has 1 fully saturated rings. The van der Waals surface area contributed by atoms with Crippen LogP contribution in [0.2, 0.25) is 0 Å². The molecule has 1 saturated carbocycles. The molecule has 0 N–H and O–H groups in total. The van der Waals surface area contributed by atoms with Crippen molar-refractivity contribution in [3.8, 4) is 6.07 Å². The quantitative estimate of drug-likeness (QED) is 0.834. The first-order valence-corrected chi connectivity index (χ1v) is 7.81. The fourth-order valence-corrected chi connectivity index (χ4v) is 4.55. The van der Waals surface area contributed by atoms with Crippen LogP contribution < -0.4 is 0 Å². The van der Waals surface area contributed by atoms with Gasteiger partial charge in [0.2, 0.25) is 0 Å². The van der Waals surface area contributed by atoms with Crippen molar-refractivity contribution in [2.45, 2.75) is 48.6 Å². The molecule has 1 heterocycles. The number of rotatable bonds is 4. The Labute approximate surface area is 111 Å². The van der Waals surface area contributed by atoms with Crippen LogP contribution in [0.4, 0.5) is 0 Å². The van der Waals surface area contributed by atoms with Gasteiger partial charge in [0, 0.05) is 5.25 Å². The van der Waals surface area contributed by atoms with Gasteiger partial charge in [0.25, 0.3) is 0 Å². The van der Waals surface area contributed by atoms with Gasteiger partial charge in [-0.25, -0.2) is 4.98 Å². The maximum absolute atomic E-state index is 9.21. The van der Waals surface area contributed by atoms with E-state index in [0.717, 1.165) is 23.1 Å². The molecule has 0 radical (unpaired) electrons. The highest BCUT2D eigenvalue weighted by Crippen LogP contribution is 2.41. The van der Waals surface area contributed by atoms with Crippen LogP contribution in [0.5, 0.6) is 0 Å². The summed E-state index contributed by atoms with van der Waals surface area (Å²) in [6.07, 6.45) is 7.58. The third kappa shape index (κ3) is 3.43. The zero-order valence-electron chi connectivity index (χ0n) is 10.0. The molecule has 3 atom stereocenters. The zero-order valence-corrected chi connectivity index (χ0v) is 11.6. The number of nitriles is 1. The molecule has 1 aromatic rings. The van der Waals surface area contributed by atoms with E-state index in [1.165, 1.54) is 30.8 Å². The van der Waals surface area contributed by atoms with Gasteiger partial charge >= 0.3 is 0 Å². The molecule has 0 amide bonds. The highest BCUT2D eigenvalue weighted by molar-refractivity contribution is 8.01. The SMILES string of the molecule is CCCC1CCC(C#N)C(Sc2ncns2)C1. The van der Waals surface area contributed by atoms with Crippen LogP contribution in [-0.2, 0) is 0 Å². The molecule has 0 bridgehead atoms. The normalized spacial score (nSPS) is 28.8. The Morgan fingerprint density at radius 1 is 1.59 bits per heavy atom. The second-order valence-corrected chi connectivity index (χ2v) is 6.83. The topological polar surface area (TPSA) is 49.6 Å². The first kappa shape index (κ1) is 12.8. The van der Waals surface area contributed by atoms with E-state index in [4.69, 9.17) is 0 Å². The molecule has 2 rings (SSSR count). The molecule has 17 heavy (non-hydrogen) atoms. The van der Waals surface area contributed by atoms with E-state index in [9.17, 15) is 5.26 Å². The summed E-state index contributed by atoms with van der Waals surface area (Å²) in [5.74, 6) is 0.993. The Kier molecular flexibility index (Phi) is 4.81. The summed E-state index contributed by atoms with van der Waals surface area (Å²) in [7, 11) is 0. The van der Waals surface area contributed by atoms with Crippen LogP contribution >= 0.6 is 23.3 Å². The summed E-state index contributed by atoms with van der Waals surface area (Å²) < 4.78 is 5.03. The lowest BCUT2D eigenvalue weighted by molar-refractivity contribution is 0.307. The van der Waals surface area contributed by atoms with E-state index in [1.54, 1.807) is 18.1 Å². The van der Waals surface area contributed by atoms with Gasteiger partial charge in [0.05, 0.1) is 12.0 Å². The molecule has 1 aliphatic rings. The smallest absolute Gasteiger partial charge is 0.170 e. The maximum Gasteiger partial charge on any atom is 0.170 e. The van der Waals surface area contributed by atoms with Crippen molar-refractivity contribution < 1.29 is 0 Å². The maximum atomic E-state index is 9.21. The highest BCUT2D eigenvalue weighted by Gasteiger charge is 2.31. The molecule has 3 nitrogen and oxygen atoms in total. The number of hydrogen-bond acceptors (Lipinski definition) is 5. The summed E-state index contributed by atoms with van der Waals surface area (Å²) in [5.41, 5.74) is 0. The van der Waals surface area contributed by atoms with Crippen molar-refractivity contribution >= 4 is 23.3 Å². The Morgan fingerprint density at radius 3 is 3.12 bits per heavy atom. The van der Waals surface area contributed by atoms with Gasteiger partial charge < -0.3 is 0 Å². The van der Waals surface area contributed by atoms with Crippen LogP contribution in [0.25, 0.3) is 0 Å². The van der Waals surface area contributed by atoms with Crippen LogP contribution in [0.3, 0.4) is 0 Å². The number of nitrogens with zero attached hydrogens (tertiary/aromatic N) is 3. The van der Waals surface area contributed by atoms with Crippen molar-refractivity contribution in [3.05, 3.63) is 6.33 Å². The summed E-state index contributed by atoms with van der Waals surface area (Å²) in [5, 5.41) is 9.63. The monoisotopic (exact) mass is 267 g/mol. The third-order valence-corrected chi connectivity index (χ3v) is 5.46. The van der Waals surface area contributed by atoms with Gasteiger partial charge in [0.1, 0.15) is 6.33 Å². The molecule has 5 heteroatoms. The van der Waals surface area contributed by atoms with E-state index >= 15 is 0 Å². The second kappa shape index (κ2) is 6.36. The minimum absolute atomic E-state index is 0.192. The van der Waals surface area contributed by atoms with Crippen molar-refractivity contribution in [1.29, 1.82) is 5.26 Å².